The molecule has 0 aromatic heterocycles. The van der Waals surface area contributed by atoms with Gasteiger partial charge in [0.25, 0.3) is 0 Å². The minimum atomic E-state index is 0.645. The van der Waals surface area contributed by atoms with Crippen LogP contribution in [-0.4, -0.2) is 0 Å². The third-order valence-corrected chi connectivity index (χ3v) is 1.87. The smallest absolute Gasteiger partial charge is 0.0208 e. The fraction of sp³-hybridized carbons (Fsp3) is 0.700. The van der Waals surface area contributed by atoms with E-state index in [1.54, 1.807) is 0 Å². The Labute approximate surface area is 65.3 Å². The standard InChI is InChI=1S/C10H19/c1-4-7-8-9-10(5-2)6-3/h5-6,10H,2,4,7-9H2,1,3H3. The Balaban J connectivity index is 3.17. The molecule has 0 heteroatoms. The molecule has 0 bridgehead atoms. The zero-order valence-corrected chi connectivity index (χ0v) is 7.27. The summed E-state index contributed by atoms with van der Waals surface area (Å²) < 4.78 is 0. The summed E-state index contributed by atoms with van der Waals surface area (Å²) in [5, 5.41) is 0. The lowest BCUT2D eigenvalue weighted by atomic mass is 9.99. The van der Waals surface area contributed by atoms with Crippen molar-refractivity contribution in [1.82, 2.24) is 0 Å². The first-order valence-electron chi connectivity index (χ1n) is 4.27. The average molecular weight is 139 g/mol. The van der Waals surface area contributed by atoms with Gasteiger partial charge in [0.2, 0.25) is 0 Å². The molecule has 0 aliphatic carbocycles. The molecule has 10 heavy (non-hydrogen) atoms. The Hall–Kier alpha value is -0.260. The first kappa shape index (κ1) is 9.74. The number of hydrogen-bond acceptors (Lipinski definition) is 0. The van der Waals surface area contributed by atoms with Crippen LogP contribution < -0.4 is 0 Å². The van der Waals surface area contributed by atoms with E-state index >= 15 is 0 Å². The second-order valence-electron chi connectivity index (χ2n) is 2.73. The predicted molar refractivity (Wildman–Crippen MR) is 47.8 cm³/mol. The summed E-state index contributed by atoms with van der Waals surface area (Å²) in [4.78, 5) is 0. The van der Waals surface area contributed by atoms with Gasteiger partial charge in [-0.2, -0.15) is 0 Å². The van der Waals surface area contributed by atoms with Crippen LogP contribution in [0.2, 0.25) is 0 Å². The zero-order chi connectivity index (χ0) is 7.82. The number of unbranched alkanes of at least 4 members (excludes halogenated alkanes) is 2. The summed E-state index contributed by atoms with van der Waals surface area (Å²) in [6.07, 6.45) is 9.56. The summed E-state index contributed by atoms with van der Waals surface area (Å²) in [5.41, 5.74) is 0. The third kappa shape index (κ3) is 4.60. The van der Waals surface area contributed by atoms with Gasteiger partial charge in [0.15, 0.2) is 0 Å². The molecule has 0 rings (SSSR count). The van der Waals surface area contributed by atoms with Crippen LogP contribution in [0.25, 0.3) is 0 Å². The SMILES string of the molecule is C=CC([CH]C)CCCCC. The minimum Gasteiger partial charge on any atom is -0.103 e. The Morgan fingerprint density at radius 3 is 2.50 bits per heavy atom. The van der Waals surface area contributed by atoms with Crippen molar-refractivity contribution in [3.05, 3.63) is 19.1 Å². The summed E-state index contributed by atoms with van der Waals surface area (Å²) in [5.74, 6) is 0.645. The Morgan fingerprint density at radius 1 is 1.40 bits per heavy atom. The molecule has 59 valence electrons. The highest BCUT2D eigenvalue weighted by atomic mass is 14.0. The Kier molecular flexibility index (Phi) is 6.68. The first-order valence-corrected chi connectivity index (χ1v) is 4.27. The van der Waals surface area contributed by atoms with E-state index in [1.165, 1.54) is 25.7 Å². The van der Waals surface area contributed by atoms with Gasteiger partial charge in [0.1, 0.15) is 0 Å². The Morgan fingerprint density at radius 2 is 2.10 bits per heavy atom. The van der Waals surface area contributed by atoms with Gasteiger partial charge >= 0.3 is 0 Å². The molecule has 0 amide bonds. The van der Waals surface area contributed by atoms with E-state index in [0.717, 1.165) is 0 Å². The van der Waals surface area contributed by atoms with E-state index in [9.17, 15) is 0 Å². The molecular formula is C10H19. The van der Waals surface area contributed by atoms with Gasteiger partial charge in [-0.3, -0.25) is 0 Å². The minimum absolute atomic E-state index is 0.645. The van der Waals surface area contributed by atoms with Gasteiger partial charge in [-0.05, 0) is 18.8 Å². The first-order chi connectivity index (χ1) is 4.85. The molecular weight excluding hydrogens is 120 g/mol. The zero-order valence-electron chi connectivity index (χ0n) is 7.27. The lowest BCUT2D eigenvalue weighted by Crippen LogP contribution is -1.93. The van der Waals surface area contributed by atoms with E-state index in [4.69, 9.17) is 0 Å². The van der Waals surface area contributed by atoms with E-state index in [0.29, 0.717) is 5.92 Å². The fourth-order valence-corrected chi connectivity index (χ4v) is 1.05. The molecule has 0 aliphatic heterocycles. The van der Waals surface area contributed by atoms with Gasteiger partial charge in [-0.15, -0.1) is 6.58 Å². The molecule has 0 saturated carbocycles. The van der Waals surface area contributed by atoms with Crippen molar-refractivity contribution < 1.29 is 0 Å². The molecule has 1 radical (unpaired) electrons. The van der Waals surface area contributed by atoms with Crippen molar-refractivity contribution in [2.24, 2.45) is 5.92 Å². The maximum Gasteiger partial charge on any atom is -0.0208 e. The van der Waals surface area contributed by atoms with Crippen LogP contribution in [-0.2, 0) is 0 Å². The molecule has 0 nitrogen and oxygen atoms in total. The predicted octanol–water partition coefficient (Wildman–Crippen LogP) is 3.59. The summed E-state index contributed by atoms with van der Waals surface area (Å²) in [6, 6.07) is 0. The van der Waals surface area contributed by atoms with E-state index in [1.807, 2.05) is 6.08 Å². The summed E-state index contributed by atoms with van der Waals surface area (Å²) >= 11 is 0. The van der Waals surface area contributed by atoms with Crippen LogP contribution in [0.1, 0.15) is 39.5 Å². The largest absolute Gasteiger partial charge is 0.103 e. The maximum atomic E-state index is 3.78. The van der Waals surface area contributed by atoms with Crippen molar-refractivity contribution in [3.63, 3.8) is 0 Å². The van der Waals surface area contributed by atoms with Crippen molar-refractivity contribution >= 4 is 0 Å². The van der Waals surface area contributed by atoms with E-state index < -0.39 is 0 Å². The van der Waals surface area contributed by atoms with Gasteiger partial charge in [0, 0.05) is 0 Å². The highest BCUT2D eigenvalue weighted by molar-refractivity contribution is 4.86. The lowest BCUT2D eigenvalue weighted by Gasteiger charge is -2.06. The van der Waals surface area contributed by atoms with Crippen molar-refractivity contribution in [2.75, 3.05) is 0 Å². The number of hydrogen-bond donors (Lipinski definition) is 0. The molecule has 0 heterocycles. The third-order valence-electron chi connectivity index (χ3n) is 1.87. The molecule has 0 spiro atoms. The van der Waals surface area contributed by atoms with Crippen LogP contribution in [0.15, 0.2) is 12.7 Å². The van der Waals surface area contributed by atoms with Crippen LogP contribution in [0.3, 0.4) is 0 Å². The maximum absolute atomic E-state index is 3.78. The van der Waals surface area contributed by atoms with Crippen molar-refractivity contribution in [3.8, 4) is 0 Å². The van der Waals surface area contributed by atoms with Crippen molar-refractivity contribution in [2.45, 2.75) is 39.5 Å². The van der Waals surface area contributed by atoms with E-state index in [-0.39, 0.29) is 0 Å². The lowest BCUT2D eigenvalue weighted by molar-refractivity contribution is 0.589. The average Bonchev–Trinajstić information content (AvgIpc) is 1.99. The highest BCUT2D eigenvalue weighted by Crippen LogP contribution is 2.12. The number of allylic oxidation sites excluding steroid dienone is 1. The van der Waals surface area contributed by atoms with Crippen LogP contribution in [0.5, 0.6) is 0 Å². The second kappa shape index (κ2) is 6.85. The molecule has 0 aliphatic rings. The van der Waals surface area contributed by atoms with Crippen LogP contribution in [0.4, 0.5) is 0 Å². The molecule has 0 aromatic carbocycles. The summed E-state index contributed by atoms with van der Waals surface area (Å²) in [6.45, 7) is 8.12. The van der Waals surface area contributed by atoms with Gasteiger partial charge < -0.3 is 0 Å². The highest BCUT2D eigenvalue weighted by Gasteiger charge is 1.98. The van der Waals surface area contributed by atoms with Gasteiger partial charge in [-0.25, -0.2) is 0 Å². The Bertz CT molecular complexity index is 74.1. The van der Waals surface area contributed by atoms with Gasteiger partial charge in [0.05, 0.1) is 0 Å². The summed E-state index contributed by atoms with van der Waals surface area (Å²) in [7, 11) is 0. The van der Waals surface area contributed by atoms with Crippen LogP contribution in [0, 0.1) is 12.3 Å². The number of rotatable bonds is 6. The van der Waals surface area contributed by atoms with Crippen molar-refractivity contribution in [1.29, 1.82) is 0 Å². The topological polar surface area (TPSA) is 0 Å². The van der Waals surface area contributed by atoms with Crippen LogP contribution >= 0.6 is 0 Å². The quantitative estimate of drug-likeness (QED) is 0.389. The van der Waals surface area contributed by atoms with Gasteiger partial charge in [-0.1, -0.05) is 39.2 Å². The molecule has 1 unspecified atom stereocenters. The molecule has 1 atom stereocenters. The molecule has 0 saturated heterocycles. The van der Waals surface area contributed by atoms with E-state index in [2.05, 4.69) is 26.8 Å². The second-order valence-corrected chi connectivity index (χ2v) is 2.73. The molecule has 0 aromatic rings. The fourth-order valence-electron chi connectivity index (χ4n) is 1.05. The normalized spacial score (nSPS) is 13.0. The molecule has 0 fully saturated rings. The monoisotopic (exact) mass is 139 g/mol. The molecule has 0 N–H and O–H groups in total.